The molecule has 0 fully saturated rings. The predicted molar refractivity (Wildman–Crippen MR) is 66.5 cm³/mol. The second-order valence-corrected chi connectivity index (χ2v) is 5.49. The van der Waals surface area contributed by atoms with Crippen LogP contribution in [0.15, 0.2) is 22.7 Å². The Labute approximate surface area is 109 Å². The van der Waals surface area contributed by atoms with Gasteiger partial charge in [0.25, 0.3) is 0 Å². The summed E-state index contributed by atoms with van der Waals surface area (Å²) in [7, 11) is 0. The van der Waals surface area contributed by atoms with Crippen LogP contribution in [-0.2, 0) is 16.2 Å². The molecule has 0 unspecified atom stereocenters. The molecule has 17 heavy (non-hydrogen) atoms. The Morgan fingerprint density at radius 3 is 2.59 bits per heavy atom. The molecule has 0 radical (unpaired) electrons. The summed E-state index contributed by atoms with van der Waals surface area (Å²) in [4.78, 5) is 16.3. The molecule has 0 aliphatic rings. The van der Waals surface area contributed by atoms with Crippen molar-refractivity contribution in [2.24, 2.45) is 0 Å². The van der Waals surface area contributed by atoms with Crippen LogP contribution in [0.5, 0.6) is 0 Å². The Bertz CT molecular complexity index is 404. The lowest BCUT2D eigenvalue weighted by molar-refractivity contribution is -0.220. The molecule has 0 aliphatic carbocycles. The van der Waals surface area contributed by atoms with E-state index < -0.39 is 5.60 Å². The molecule has 0 bridgehead atoms. The minimum Gasteiger partial charge on any atom is -0.276 e. The second kappa shape index (κ2) is 5.60. The summed E-state index contributed by atoms with van der Waals surface area (Å²) in [6.45, 7) is 5.83. The number of hydrogen-bond donors (Lipinski definition) is 0. The molecule has 0 heterocycles. The average Bonchev–Trinajstić information content (AvgIpc) is 2.20. The fraction of sp³-hybridized carbons (Fsp3) is 0.417. The van der Waals surface area contributed by atoms with E-state index in [2.05, 4.69) is 15.9 Å². The maximum Gasteiger partial charge on any atom is 0.233 e. The zero-order chi connectivity index (χ0) is 13.1. The molecule has 5 heteroatoms. The number of amides is 1. The summed E-state index contributed by atoms with van der Waals surface area (Å²) < 4.78 is 13.4. The Hall–Kier alpha value is -0.940. The molecule has 1 amide bonds. The van der Waals surface area contributed by atoms with Crippen LogP contribution in [0.25, 0.3) is 0 Å². The smallest absolute Gasteiger partial charge is 0.233 e. The Balaban J connectivity index is 2.74. The standard InChI is InChI=1S/C12H15BrFNO2/c1-12(2,3)17-15(8-16)7-9-4-5-11(14)10(13)6-9/h4-6,8H,7H2,1-3H3. The highest BCUT2D eigenvalue weighted by molar-refractivity contribution is 9.10. The van der Waals surface area contributed by atoms with Gasteiger partial charge in [-0.2, -0.15) is 0 Å². The number of halogens is 2. The first kappa shape index (κ1) is 14.1. The molecule has 1 rings (SSSR count). The van der Waals surface area contributed by atoms with Crippen LogP contribution in [0, 0.1) is 5.82 Å². The van der Waals surface area contributed by atoms with Crippen molar-refractivity contribution in [1.82, 2.24) is 5.06 Å². The third-order valence-electron chi connectivity index (χ3n) is 1.83. The molecule has 0 saturated heterocycles. The summed E-state index contributed by atoms with van der Waals surface area (Å²) in [6, 6.07) is 4.58. The number of carbonyl (C=O) groups excluding carboxylic acids is 1. The maximum atomic E-state index is 13.0. The molecule has 0 aliphatic heterocycles. The molecule has 94 valence electrons. The van der Waals surface area contributed by atoms with Gasteiger partial charge in [0, 0.05) is 0 Å². The number of rotatable bonds is 4. The number of nitrogens with zero attached hydrogens (tertiary/aromatic N) is 1. The monoisotopic (exact) mass is 303 g/mol. The Morgan fingerprint density at radius 1 is 1.47 bits per heavy atom. The van der Waals surface area contributed by atoms with E-state index in [1.165, 1.54) is 11.1 Å². The van der Waals surface area contributed by atoms with Crippen molar-refractivity contribution < 1.29 is 14.0 Å². The minimum atomic E-state index is -0.446. The van der Waals surface area contributed by atoms with Crippen LogP contribution in [0.2, 0.25) is 0 Å². The van der Waals surface area contributed by atoms with E-state index in [9.17, 15) is 9.18 Å². The van der Waals surface area contributed by atoms with Crippen LogP contribution in [0.3, 0.4) is 0 Å². The van der Waals surface area contributed by atoms with E-state index in [0.717, 1.165) is 5.56 Å². The minimum absolute atomic E-state index is 0.277. The Morgan fingerprint density at radius 2 is 2.12 bits per heavy atom. The summed E-state index contributed by atoms with van der Waals surface area (Å²) in [5.41, 5.74) is 0.340. The van der Waals surface area contributed by atoms with Gasteiger partial charge in [-0.1, -0.05) is 6.07 Å². The lowest BCUT2D eigenvalue weighted by atomic mass is 10.2. The third-order valence-corrected chi connectivity index (χ3v) is 2.44. The summed E-state index contributed by atoms with van der Waals surface area (Å²) in [6.07, 6.45) is 0.614. The number of hydrogen-bond acceptors (Lipinski definition) is 2. The van der Waals surface area contributed by atoms with Gasteiger partial charge in [-0.25, -0.2) is 9.45 Å². The van der Waals surface area contributed by atoms with E-state index >= 15 is 0 Å². The highest BCUT2D eigenvalue weighted by Crippen LogP contribution is 2.19. The first-order valence-electron chi connectivity index (χ1n) is 5.17. The SMILES string of the molecule is CC(C)(C)ON(C=O)Cc1ccc(F)c(Br)c1. The van der Waals surface area contributed by atoms with E-state index in [1.54, 1.807) is 12.1 Å². The second-order valence-electron chi connectivity index (χ2n) is 4.63. The topological polar surface area (TPSA) is 29.5 Å². The molecule has 0 N–H and O–H groups in total. The summed E-state index contributed by atoms with van der Waals surface area (Å²) in [5, 5.41) is 1.19. The number of carbonyl (C=O) groups is 1. The molecular weight excluding hydrogens is 289 g/mol. The van der Waals surface area contributed by atoms with E-state index in [-0.39, 0.29) is 12.4 Å². The van der Waals surface area contributed by atoms with E-state index in [1.807, 2.05) is 20.8 Å². The van der Waals surface area contributed by atoms with Crippen molar-refractivity contribution in [3.63, 3.8) is 0 Å². The number of hydroxylamine groups is 2. The van der Waals surface area contributed by atoms with Crippen molar-refractivity contribution in [3.05, 3.63) is 34.1 Å². The summed E-state index contributed by atoms with van der Waals surface area (Å²) in [5.74, 6) is -0.330. The van der Waals surface area contributed by atoms with Crippen LogP contribution in [0.4, 0.5) is 4.39 Å². The largest absolute Gasteiger partial charge is 0.276 e. The number of benzene rings is 1. The molecule has 0 spiro atoms. The van der Waals surface area contributed by atoms with Gasteiger partial charge in [-0.15, -0.1) is 0 Å². The van der Waals surface area contributed by atoms with Gasteiger partial charge < -0.3 is 0 Å². The molecule has 1 aromatic carbocycles. The van der Waals surface area contributed by atoms with Crippen molar-refractivity contribution in [2.75, 3.05) is 0 Å². The van der Waals surface area contributed by atoms with E-state index in [0.29, 0.717) is 10.9 Å². The van der Waals surface area contributed by atoms with Gasteiger partial charge in [-0.05, 0) is 54.4 Å². The van der Waals surface area contributed by atoms with Crippen LogP contribution >= 0.6 is 15.9 Å². The van der Waals surface area contributed by atoms with Crippen molar-refractivity contribution >= 4 is 22.3 Å². The van der Waals surface area contributed by atoms with E-state index in [4.69, 9.17) is 4.84 Å². The van der Waals surface area contributed by atoms with Crippen molar-refractivity contribution in [1.29, 1.82) is 0 Å². The van der Waals surface area contributed by atoms with Crippen molar-refractivity contribution in [2.45, 2.75) is 32.9 Å². The maximum absolute atomic E-state index is 13.0. The molecule has 3 nitrogen and oxygen atoms in total. The Kier molecular flexibility index (Phi) is 4.65. The molecule has 1 aromatic rings. The molecule has 0 atom stereocenters. The van der Waals surface area contributed by atoms with Gasteiger partial charge in [0.2, 0.25) is 6.41 Å². The lowest BCUT2D eigenvalue weighted by Gasteiger charge is -2.26. The third kappa shape index (κ3) is 4.83. The quantitative estimate of drug-likeness (QED) is 0.631. The summed E-state index contributed by atoms with van der Waals surface area (Å²) >= 11 is 3.10. The predicted octanol–water partition coefficient (Wildman–Crippen LogP) is 3.28. The van der Waals surface area contributed by atoms with Crippen LogP contribution in [0.1, 0.15) is 26.3 Å². The highest BCUT2D eigenvalue weighted by Gasteiger charge is 2.16. The molecular formula is C12H15BrFNO2. The first-order valence-corrected chi connectivity index (χ1v) is 5.96. The first-order chi connectivity index (χ1) is 7.81. The van der Waals surface area contributed by atoms with Gasteiger partial charge in [-0.3, -0.25) is 9.63 Å². The van der Waals surface area contributed by atoms with Gasteiger partial charge in [0.1, 0.15) is 5.82 Å². The molecule has 0 saturated carbocycles. The average molecular weight is 304 g/mol. The normalized spacial score (nSPS) is 11.4. The zero-order valence-electron chi connectivity index (χ0n) is 10.0. The highest BCUT2D eigenvalue weighted by atomic mass is 79.9. The van der Waals surface area contributed by atoms with Crippen LogP contribution < -0.4 is 0 Å². The molecule has 0 aromatic heterocycles. The fourth-order valence-electron chi connectivity index (χ4n) is 1.26. The fourth-order valence-corrected chi connectivity index (χ4v) is 1.69. The van der Waals surface area contributed by atoms with Gasteiger partial charge in [0.15, 0.2) is 0 Å². The van der Waals surface area contributed by atoms with Gasteiger partial charge in [0.05, 0.1) is 16.6 Å². The lowest BCUT2D eigenvalue weighted by Crippen LogP contribution is -2.32. The van der Waals surface area contributed by atoms with Gasteiger partial charge >= 0.3 is 0 Å². The zero-order valence-corrected chi connectivity index (χ0v) is 11.6. The van der Waals surface area contributed by atoms with Crippen LogP contribution in [-0.4, -0.2) is 17.1 Å². The van der Waals surface area contributed by atoms with Crippen molar-refractivity contribution in [3.8, 4) is 0 Å².